The van der Waals surface area contributed by atoms with Crippen molar-refractivity contribution in [3.8, 4) is 0 Å². The van der Waals surface area contributed by atoms with E-state index in [2.05, 4.69) is 59.8 Å². The van der Waals surface area contributed by atoms with Crippen molar-refractivity contribution in [2.45, 2.75) is 86.2 Å². The number of rotatable bonds is 4. The monoisotopic (exact) mass is 410 g/mol. The molecule has 8 unspecified atom stereocenters. The van der Waals surface area contributed by atoms with Crippen LogP contribution in [0.4, 0.5) is 0 Å². The number of carbonyl (C=O) groups excluding carboxylic acids is 1. The van der Waals surface area contributed by atoms with Crippen LogP contribution in [0.15, 0.2) is 35.5 Å². The highest BCUT2D eigenvalue weighted by molar-refractivity contribution is 5.92. The molecular weight excluding hydrogens is 368 g/mol. The largest absolute Gasteiger partial charge is 0.385 e. The third-order valence-electron chi connectivity index (χ3n) is 9.90. The van der Waals surface area contributed by atoms with Crippen molar-refractivity contribution in [3.63, 3.8) is 0 Å². The first kappa shape index (κ1) is 22.1. The summed E-state index contributed by atoms with van der Waals surface area (Å²) in [6.07, 6.45) is 14.8. The molecule has 0 aromatic carbocycles. The Morgan fingerprint density at radius 1 is 1.03 bits per heavy atom. The van der Waals surface area contributed by atoms with Gasteiger partial charge in [-0.15, -0.1) is 0 Å². The van der Waals surface area contributed by atoms with Crippen LogP contribution in [0.2, 0.25) is 0 Å². The molecule has 4 aliphatic rings. The zero-order chi connectivity index (χ0) is 21.8. The summed E-state index contributed by atoms with van der Waals surface area (Å²) in [5.41, 5.74) is 2.81. The Balaban J connectivity index is 1.61. The molecule has 166 valence electrons. The van der Waals surface area contributed by atoms with Crippen LogP contribution in [0.3, 0.4) is 0 Å². The number of hydrogen-bond donors (Lipinski definition) is 1. The first-order chi connectivity index (χ1) is 14.1. The van der Waals surface area contributed by atoms with Crippen LogP contribution in [0.1, 0.15) is 80.1 Å². The molecule has 0 heterocycles. The molecule has 2 nitrogen and oxygen atoms in total. The second-order valence-electron chi connectivity index (χ2n) is 11.8. The van der Waals surface area contributed by atoms with E-state index >= 15 is 0 Å². The lowest BCUT2D eigenvalue weighted by Crippen LogP contribution is -2.48. The van der Waals surface area contributed by atoms with Crippen LogP contribution in [-0.4, -0.2) is 17.0 Å². The van der Waals surface area contributed by atoms with Gasteiger partial charge >= 0.3 is 0 Å². The lowest BCUT2D eigenvalue weighted by Gasteiger charge is -2.55. The van der Waals surface area contributed by atoms with Crippen molar-refractivity contribution in [2.24, 2.45) is 46.3 Å². The number of fused-ring (bicyclic) bond motifs is 5. The minimum Gasteiger partial charge on any atom is -0.385 e. The quantitative estimate of drug-likeness (QED) is 0.536. The minimum atomic E-state index is -0.573. The van der Waals surface area contributed by atoms with Gasteiger partial charge in [0.15, 0.2) is 5.78 Å². The van der Waals surface area contributed by atoms with Crippen molar-refractivity contribution in [1.29, 1.82) is 0 Å². The van der Waals surface area contributed by atoms with Gasteiger partial charge in [-0.3, -0.25) is 4.79 Å². The summed E-state index contributed by atoms with van der Waals surface area (Å²) in [5.74, 6) is 3.92. The molecule has 0 aromatic heterocycles. The van der Waals surface area contributed by atoms with E-state index in [4.69, 9.17) is 0 Å². The molecule has 0 aliphatic heterocycles. The van der Waals surface area contributed by atoms with Gasteiger partial charge in [-0.05, 0) is 90.1 Å². The molecule has 2 heteroatoms. The van der Waals surface area contributed by atoms with Gasteiger partial charge in [-0.1, -0.05) is 65.3 Å². The minimum absolute atomic E-state index is 0.0327. The Kier molecular flexibility index (Phi) is 5.71. The van der Waals surface area contributed by atoms with Crippen molar-refractivity contribution >= 4 is 5.78 Å². The van der Waals surface area contributed by atoms with Gasteiger partial charge in [-0.2, -0.15) is 0 Å². The zero-order valence-corrected chi connectivity index (χ0v) is 19.9. The molecule has 0 spiro atoms. The first-order valence-corrected chi connectivity index (χ1v) is 12.4. The maximum Gasteiger partial charge on any atom is 0.155 e. The molecule has 0 radical (unpaired) electrons. The average molecular weight is 411 g/mol. The van der Waals surface area contributed by atoms with Gasteiger partial charge in [-0.25, -0.2) is 0 Å². The Labute approximate surface area is 183 Å². The van der Waals surface area contributed by atoms with E-state index in [1.165, 1.54) is 31.3 Å². The van der Waals surface area contributed by atoms with Crippen molar-refractivity contribution in [3.05, 3.63) is 35.5 Å². The first-order valence-electron chi connectivity index (χ1n) is 12.4. The Hall–Kier alpha value is -1.15. The van der Waals surface area contributed by atoms with Crippen LogP contribution >= 0.6 is 0 Å². The molecule has 0 saturated heterocycles. The highest BCUT2D eigenvalue weighted by Gasteiger charge is 2.57. The standard InChI is InChI=1S/C28H42O2/c1-17(2)18(3)7-8-19(4)22-9-10-23-21-16-26(30)25-15-20(29)11-13-28(25,6)24(21)12-14-27(22,23)5/h7-8,15-19,22-24,26,30H,9-14H2,1-6H3/b8-7+. The van der Waals surface area contributed by atoms with Gasteiger partial charge in [0, 0.05) is 6.42 Å². The molecule has 2 saturated carbocycles. The van der Waals surface area contributed by atoms with Crippen molar-refractivity contribution in [2.75, 3.05) is 0 Å². The number of aliphatic hydroxyl groups excluding tert-OH is 1. The summed E-state index contributed by atoms with van der Waals surface area (Å²) in [5, 5.41) is 11.0. The average Bonchev–Trinajstić information content (AvgIpc) is 3.04. The SMILES string of the molecule is CC(C)C(C)/C=C/C(C)C1CCC2C3=CC(O)C4=CC(=O)CCC4(C)C3CCC21C. The lowest BCUT2D eigenvalue weighted by atomic mass is 9.49. The van der Waals surface area contributed by atoms with Crippen LogP contribution in [0, 0.1) is 46.3 Å². The summed E-state index contributed by atoms with van der Waals surface area (Å²) in [7, 11) is 0. The second-order valence-corrected chi connectivity index (χ2v) is 11.8. The number of ketones is 1. The Morgan fingerprint density at radius 3 is 2.47 bits per heavy atom. The van der Waals surface area contributed by atoms with Crippen LogP contribution in [0.25, 0.3) is 0 Å². The van der Waals surface area contributed by atoms with Gasteiger partial charge < -0.3 is 5.11 Å². The van der Waals surface area contributed by atoms with Crippen LogP contribution in [0.5, 0.6) is 0 Å². The predicted octanol–water partition coefficient (Wildman–Crippen LogP) is 6.51. The molecule has 0 amide bonds. The van der Waals surface area contributed by atoms with Crippen LogP contribution < -0.4 is 0 Å². The molecular formula is C28H42O2. The van der Waals surface area contributed by atoms with E-state index in [0.717, 1.165) is 17.9 Å². The summed E-state index contributed by atoms with van der Waals surface area (Å²) in [4.78, 5) is 12.1. The Morgan fingerprint density at radius 2 is 1.77 bits per heavy atom. The molecule has 0 aromatic rings. The van der Waals surface area contributed by atoms with Crippen molar-refractivity contribution < 1.29 is 9.90 Å². The number of aliphatic hydroxyl groups is 1. The van der Waals surface area contributed by atoms with Gasteiger partial charge in [0.25, 0.3) is 0 Å². The fraction of sp³-hybridized carbons (Fsp3) is 0.750. The molecule has 2 fully saturated rings. The molecule has 1 N–H and O–H groups in total. The zero-order valence-electron chi connectivity index (χ0n) is 19.9. The second kappa shape index (κ2) is 7.76. The normalized spacial score (nSPS) is 43.0. The van der Waals surface area contributed by atoms with E-state index in [1.807, 2.05) is 0 Å². The summed E-state index contributed by atoms with van der Waals surface area (Å²) < 4.78 is 0. The van der Waals surface area contributed by atoms with Gasteiger partial charge in [0.2, 0.25) is 0 Å². The van der Waals surface area contributed by atoms with Gasteiger partial charge in [0.1, 0.15) is 0 Å². The highest BCUT2D eigenvalue weighted by Crippen LogP contribution is 2.66. The summed E-state index contributed by atoms with van der Waals surface area (Å²) in [6.45, 7) is 14.2. The van der Waals surface area contributed by atoms with E-state index in [0.29, 0.717) is 41.4 Å². The number of hydrogen-bond acceptors (Lipinski definition) is 2. The molecule has 0 bridgehead atoms. The van der Waals surface area contributed by atoms with E-state index < -0.39 is 6.10 Å². The third-order valence-corrected chi connectivity index (χ3v) is 9.90. The number of carbonyl (C=O) groups is 1. The van der Waals surface area contributed by atoms with Crippen LogP contribution in [-0.2, 0) is 4.79 Å². The van der Waals surface area contributed by atoms with Crippen molar-refractivity contribution in [1.82, 2.24) is 0 Å². The predicted molar refractivity (Wildman–Crippen MR) is 124 cm³/mol. The molecule has 4 rings (SSSR count). The van der Waals surface area contributed by atoms with E-state index in [1.54, 1.807) is 6.08 Å². The lowest BCUT2D eigenvalue weighted by molar-refractivity contribution is -0.116. The third kappa shape index (κ3) is 3.38. The van der Waals surface area contributed by atoms with E-state index in [9.17, 15) is 9.90 Å². The topological polar surface area (TPSA) is 37.3 Å². The summed E-state index contributed by atoms with van der Waals surface area (Å²) >= 11 is 0. The number of allylic oxidation sites excluding steroid dienone is 4. The summed E-state index contributed by atoms with van der Waals surface area (Å²) in [6, 6.07) is 0. The smallest absolute Gasteiger partial charge is 0.155 e. The van der Waals surface area contributed by atoms with Gasteiger partial charge in [0.05, 0.1) is 6.10 Å². The highest BCUT2D eigenvalue weighted by atomic mass is 16.3. The fourth-order valence-electron chi connectivity index (χ4n) is 7.53. The van der Waals surface area contributed by atoms with E-state index in [-0.39, 0.29) is 11.2 Å². The maximum absolute atomic E-state index is 12.1. The molecule has 30 heavy (non-hydrogen) atoms. The Bertz CT molecular complexity index is 786. The fourth-order valence-corrected chi connectivity index (χ4v) is 7.53. The molecule has 8 atom stereocenters. The maximum atomic E-state index is 12.1. The molecule has 4 aliphatic carbocycles.